The maximum Gasteiger partial charge on any atom is 0.306 e. The van der Waals surface area contributed by atoms with Gasteiger partial charge in [0.25, 0.3) is 0 Å². The minimum Gasteiger partial charge on any atom is -0.481 e. The van der Waals surface area contributed by atoms with E-state index in [1.54, 1.807) is 19.9 Å². The summed E-state index contributed by atoms with van der Waals surface area (Å²) >= 11 is 0. The number of hydrogen-bond donors (Lipinski definition) is 2. The molecule has 1 aliphatic rings. The molecule has 0 aromatic carbocycles. The lowest BCUT2D eigenvalue weighted by molar-refractivity contribution is -0.141. The van der Waals surface area contributed by atoms with Gasteiger partial charge in [-0.15, -0.1) is 0 Å². The van der Waals surface area contributed by atoms with Crippen LogP contribution >= 0.6 is 0 Å². The highest BCUT2D eigenvalue weighted by molar-refractivity contribution is 5.69. The molecule has 0 aliphatic carbocycles. The highest BCUT2D eigenvalue weighted by Crippen LogP contribution is 2.36. The quantitative estimate of drug-likeness (QED) is 0.273. The normalized spacial score (nSPS) is 24.0. The summed E-state index contributed by atoms with van der Waals surface area (Å²) in [4.78, 5) is 10.8. The fraction of sp³-hybridized carbons (Fsp3) is 0.850. The number of carbonyl (C=O) groups is 1. The smallest absolute Gasteiger partial charge is 0.306 e. The Kier molecular flexibility index (Phi) is 9.60. The molecule has 1 saturated heterocycles. The van der Waals surface area contributed by atoms with E-state index in [2.05, 4.69) is 6.92 Å². The zero-order valence-electron chi connectivity index (χ0n) is 15.7. The molecule has 1 heterocycles. The van der Waals surface area contributed by atoms with E-state index in [1.807, 2.05) is 6.08 Å². The molecular formula is C20H36O4. The van der Waals surface area contributed by atoms with E-state index >= 15 is 0 Å². The molecule has 140 valence electrons. The summed E-state index contributed by atoms with van der Waals surface area (Å²) in [7, 11) is 0. The zero-order valence-corrected chi connectivity index (χ0v) is 15.7. The molecule has 4 heteroatoms. The van der Waals surface area contributed by atoms with Crippen LogP contribution in [0.5, 0.6) is 0 Å². The number of allylic oxidation sites excluding steroid dienone is 1. The van der Waals surface area contributed by atoms with Gasteiger partial charge >= 0.3 is 5.97 Å². The highest BCUT2D eigenvalue weighted by atomic mass is 16.6. The van der Waals surface area contributed by atoms with Gasteiger partial charge in [-0.25, -0.2) is 0 Å². The average molecular weight is 341 g/mol. The molecule has 2 N–H and O–H groups in total. The molecule has 4 atom stereocenters. The maximum absolute atomic E-state index is 10.8. The van der Waals surface area contributed by atoms with Crippen LogP contribution in [0.3, 0.4) is 0 Å². The average Bonchev–Trinajstić information content (AvgIpc) is 3.31. The first kappa shape index (κ1) is 21.2. The Hall–Kier alpha value is -0.870. The first-order valence-electron chi connectivity index (χ1n) is 9.66. The lowest BCUT2D eigenvalue weighted by atomic mass is 9.96. The van der Waals surface area contributed by atoms with Crippen molar-refractivity contribution in [2.24, 2.45) is 5.92 Å². The minimum atomic E-state index is -0.946. The monoisotopic (exact) mass is 340 g/mol. The predicted molar refractivity (Wildman–Crippen MR) is 97.1 cm³/mol. The van der Waals surface area contributed by atoms with Gasteiger partial charge in [0.05, 0.1) is 12.0 Å². The number of aliphatic carboxylic acids is 1. The minimum absolute atomic E-state index is 0.106. The van der Waals surface area contributed by atoms with Gasteiger partial charge in [-0.05, 0) is 26.2 Å². The Morgan fingerprint density at radius 1 is 1.21 bits per heavy atom. The number of ether oxygens (including phenoxy) is 1. The van der Waals surface area contributed by atoms with E-state index in [9.17, 15) is 9.90 Å². The largest absolute Gasteiger partial charge is 0.481 e. The van der Waals surface area contributed by atoms with Crippen LogP contribution in [-0.4, -0.2) is 34.0 Å². The molecule has 0 spiro atoms. The third kappa shape index (κ3) is 8.29. The Morgan fingerprint density at radius 2 is 1.83 bits per heavy atom. The topological polar surface area (TPSA) is 70.1 Å². The van der Waals surface area contributed by atoms with Gasteiger partial charge in [0.1, 0.15) is 11.7 Å². The third-order valence-corrected chi connectivity index (χ3v) is 4.89. The molecule has 1 rings (SSSR count). The Morgan fingerprint density at radius 3 is 2.46 bits per heavy atom. The van der Waals surface area contributed by atoms with Gasteiger partial charge in [0, 0.05) is 0 Å². The van der Waals surface area contributed by atoms with Gasteiger partial charge in [-0.1, -0.05) is 70.9 Å². The number of carboxylic acid groups (broad SMARTS) is 1. The molecule has 24 heavy (non-hydrogen) atoms. The van der Waals surface area contributed by atoms with Crippen molar-refractivity contribution in [3.63, 3.8) is 0 Å². The van der Waals surface area contributed by atoms with Gasteiger partial charge in [0.15, 0.2) is 0 Å². The molecule has 0 aromatic rings. The summed E-state index contributed by atoms with van der Waals surface area (Å²) < 4.78 is 5.65. The van der Waals surface area contributed by atoms with Crippen molar-refractivity contribution in [2.75, 3.05) is 0 Å². The lowest BCUT2D eigenvalue weighted by Gasteiger charge is -2.16. The highest BCUT2D eigenvalue weighted by Gasteiger charge is 2.49. The molecule has 0 saturated carbocycles. The number of unbranched alkanes of at least 4 members (excludes halogenated alkanes) is 6. The number of rotatable bonds is 14. The van der Waals surface area contributed by atoms with Crippen LogP contribution in [0.1, 0.15) is 85.0 Å². The SMILES string of the molecule is CCCCCCCCCC1OC1C(C)(O)/C=C\CCC(C)C(=O)O. The van der Waals surface area contributed by atoms with Crippen molar-refractivity contribution in [2.45, 2.75) is 103 Å². The zero-order chi connectivity index (χ0) is 18.0. The van der Waals surface area contributed by atoms with Crippen molar-refractivity contribution >= 4 is 5.97 Å². The van der Waals surface area contributed by atoms with Crippen molar-refractivity contribution in [3.8, 4) is 0 Å². The molecular weight excluding hydrogens is 304 g/mol. The van der Waals surface area contributed by atoms with Gasteiger partial charge in [-0.2, -0.15) is 0 Å². The molecule has 0 bridgehead atoms. The van der Waals surface area contributed by atoms with E-state index in [0.29, 0.717) is 12.8 Å². The number of epoxide rings is 1. The molecule has 0 radical (unpaired) electrons. The first-order chi connectivity index (χ1) is 11.4. The summed E-state index contributed by atoms with van der Waals surface area (Å²) in [6.07, 6.45) is 15.0. The second-order valence-corrected chi connectivity index (χ2v) is 7.45. The lowest BCUT2D eigenvalue weighted by Crippen LogP contribution is -2.30. The third-order valence-electron chi connectivity index (χ3n) is 4.89. The molecule has 0 aromatic heterocycles. The second kappa shape index (κ2) is 10.9. The number of aliphatic hydroxyl groups is 1. The number of hydrogen-bond acceptors (Lipinski definition) is 3. The molecule has 4 unspecified atom stereocenters. The Bertz CT molecular complexity index is 389. The molecule has 0 amide bonds. The predicted octanol–water partition coefficient (Wildman–Crippen LogP) is 4.70. The van der Waals surface area contributed by atoms with Crippen LogP contribution in [0.2, 0.25) is 0 Å². The van der Waals surface area contributed by atoms with E-state index in [1.165, 1.54) is 44.9 Å². The van der Waals surface area contributed by atoms with E-state index < -0.39 is 11.6 Å². The van der Waals surface area contributed by atoms with E-state index in [-0.39, 0.29) is 18.1 Å². The summed E-state index contributed by atoms with van der Waals surface area (Å²) in [6.45, 7) is 5.72. The standard InChI is InChI=1S/C20H36O4/c1-4-5-6-7-8-9-10-14-17-18(24-17)20(3,23)15-12-11-13-16(2)19(21)22/h12,15-18,23H,4-11,13-14H2,1-3H3,(H,21,22)/b15-12-. The van der Waals surface area contributed by atoms with Crippen molar-refractivity contribution in [1.82, 2.24) is 0 Å². The van der Waals surface area contributed by atoms with Crippen molar-refractivity contribution in [1.29, 1.82) is 0 Å². The van der Waals surface area contributed by atoms with Crippen LogP contribution in [-0.2, 0) is 9.53 Å². The van der Waals surface area contributed by atoms with E-state index in [4.69, 9.17) is 9.84 Å². The molecule has 4 nitrogen and oxygen atoms in total. The Labute approximate surface area is 147 Å². The van der Waals surface area contributed by atoms with Crippen molar-refractivity contribution in [3.05, 3.63) is 12.2 Å². The Balaban J connectivity index is 2.12. The van der Waals surface area contributed by atoms with Crippen LogP contribution in [0, 0.1) is 5.92 Å². The van der Waals surface area contributed by atoms with Gasteiger partial charge in [-0.3, -0.25) is 4.79 Å². The molecule has 1 fully saturated rings. The summed E-state index contributed by atoms with van der Waals surface area (Å²) in [6, 6.07) is 0. The molecule has 1 aliphatic heterocycles. The van der Waals surface area contributed by atoms with Gasteiger partial charge in [0.2, 0.25) is 0 Å². The summed E-state index contributed by atoms with van der Waals surface area (Å²) in [5.41, 5.74) is -0.946. The van der Waals surface area contributed by atoms with Gasteiger partial charge < -0.3 is 14.9 Å². The number of carboxylic acids is 1. The van der Waals surface area contributed by atoms with Crippen LogP contribution in [0.4, 0.5) is 0 Å². The van der Waals surface area contributed by atoms with E-state index in [0.717, 1.165) is 6.42 Å². The summed E-state index contributed by atoms with van der Waals surface area (Å²) in [5, 5.41) is 19.3. The first-order valence-corrected chi connectivity index (χ1v) is 9.66. The van der Waals surface area contributed by atoms with Crippen molar-refractivity contribution < 1.29 is 19.7 Å². The maximum atomic E-state index is 10.8. The fourth-order valence-electron chi connectivity index (χ4n) is 3.07. The second-order valence-electron chi connectivity index (χ2n) is 7.45. The van der Waals surface area contributed by atoms with Crippen LogP contribution in [0.15, 0.2) is 12.2 Å². The summed E-state index contributed by atoms with van der Waals surface area (Å²) in [5.74, 6) is -1.11. The van der Waals surface area contributed by atoms with Crippen LogP contribution in [0.25, 0.3) is 0 Å². The fourth-order valence-corrected chi connectivity index (χ4v) is 3.07. The van der Waals surface area contributed by atoms with Crippen LogP contribution < -0.4 is 0 Å².